The zero-order valence-corrected chi connectivity index (χ0v) is 14.5. The molecule has 0 saturated heterocycles. The summed E-state index contributed by atoms with van der Waals surface area (Å²) in [6.45, 7) is 0. The van der Waals surface area contributed by atoms with Gasteiger partial charge in [-0.3, -0.25) is 4.98 Å². The molecule has 0 amide bonds. The van der Waals surface area contributed by atoms with Gasteiger partial charge in [-0.15, -0.1) is 11.3 Å². The zero-order chi connectivity index (χ0) is 17.2. The van der Waals surface area contributed by atoms with E-state index in [4.69, 9.17) is 10.5 Å². The molecule has 0 bridgehead atoms. The summed E-state index contributed by atoms with van der Waals surface area (Å²) in [6.07, 6.45) is 3.50. The molecular formula is C18H12FN3OS2. The van der Waals surface area contributed by atoms with Crippen molar-refractivity contribution >= 4 is 39.1 Å². The van der Waals surface area contributed by atoms with E-state index in [0.29, 0.717) is 11.5 Å². The average Bonchev–Trinajstić information content (AvgIpc) is 3.10. The van der Waals surface area contributed by atoms with Crippen LogP contribution in [0.2, 0.25) is 0 Å². The van der Waals surface area contributed by atoms with Gasteiger partial charge in [0.15, 0.2) is 11.6 Å². The van der Waals surface area contributed by atoms with Crippen molar-refractivity contribution in [1.82, 2.24) is 9.97 Å². The van der Waals surface area contributed by atoms with Gasteiger partial charge in [0.2, 0.25) is 0 Å². The van der Waals surface area contributed by atoms with Gasteiger partial charge in [-0.1, -0.05) is 11.8 Å². The lowest BCUT2D eigenvalue weighted by Crippen LogP contribution is -1.95. The number of fused-ring (bicyclic) bond motifs is 1. The predicted molar refractivity (Wildman–Crippen MR) is 98.9 cm³/mol. The maximum absolute atomic E-state index is 13.0. The Kier molecular flexibility index (Phi) is 4.25. The molecule has 4 aromatic rings. The van der Waals surface area contributed by atoms with Crippen LogP contribution in [0.4, 0.5) is 10.2 Å². The molecule has 0 unspecified atom stereocenters. The number of nitrogen functional groups attached to an aromatic ring is 1. The topological polar surface area (TPSA) is 61.0 Å². The van der Waals surface area contributed by atoms with Gasteiger partial charge in [0.1, 0.15) is 11.6 Å². The van der Waals surface area contributed by atoms with E-state index in [0.717, 1.165) is 20.0 Å². The minimum absolute atomic E-state index is 0.282. The van der Waals surface area contributed by atoms with E-state index < -0.39 is 0 Å². The van der Waals surface area contributed by atoms with E-state index in [1.165, 1.54) is 12.1 Å². The van der Waals surface area contributed by atoms with Gasteiger partial charge in [0.05, 0.1) is 10.2 Å². The molecule has 0 aliphatic carbocycles. The van der Waals surface area contributed by atoms with Crippen LogP contribution in [0.25, 0.3) is 10.2 Å². The molecule has 0 aliphatic heterocycles. The Bertz CT molecular complexity index is 1030. The second-order valence-corrected chi connectivity index (χ2v) is 7.19. The van der Waals surface area contributed by atoms with Crippen molar-refractivity contribution < 1.29 is 9.13 Å². The first kappa shape index (κ1) is 15.9. The van der Waals surface area contributed by atoms with Gasteiger partial charge in [0.25, 0.3) is 0 Å². The SMILES string of the molecule is Nc1ncc(Sc2ccnc3ccsc23)cc1Oc1ccc(F)cc1. The highest BCUT2D eigenvalue weighted by Gasteiger charge is 2.10. The fourth-order valence-electron chi connectivity index (χ4n) is 2.26. The number of anilines is 1. The summed E-state index contributed by atoms with van der Waals surface area (Å²) in [5, 5.41) is 2.02. The number of hydrogen-bond donors (Lipinski definition) is 1. The summed E-state index contributed by atoms with van der Waals surface area (Å²) in [5.41, 5.74) is 6.88. The zero-order valence-electron chi connectivity index (χ0n) is 12.8. The van der Waals surface area contributed by atoms with Gasteiger partial charge in [-0.25, -0.2) is 9.37 Å². The van der Waals surface area contributed by atoms with E-state index in [1.807, 2.05) is 23.6 Å². The molecule has 4 nitrogen and oxygen atoms in total. The Morgan fingerprint density at radius 3 is 2.76 bits per heavy atom. The molecule has 0 fully saturated rings. The lowest BCUT2D eigenvalue weighted by Gasteiger charge is -2.10. The lowest BCUT2D eigenvalue weighted by atomic mass is 10.3. The van der Waals surface area contributed by atoms with Crippen molar-refractivity contribution in [2.45, 2.75) is 9.79 Å². The summed E-state index contributed by atoms with van der Waals surface area (Å²) < 4.78 is 19.9. The van der Waals surface area contributed by atoms with Gasteiger partial charge in [-0.05, 0) is 41.8 Å². The molecule has 0 atom stereocenters. The molecule has 124 valence electrons. The molecule has 7 heteroatoms. The van der Waals surface area contributed by atoms with E-state index in [9.17, 15) is 4.39 Å². The summed E-state index contributed by atoms with van der Waals surface area (Å²) in [5.74, 6) is 0.903. The number of hydrogen-bond acceptors (Lipinski definition) is 6. The van der Waals surface area contributed by atoms with Crippen LogP contribution < -0.4 is 10.5 Å². The van der Waals surface area contributed by atoms with Crippen LogP contribution in [0.3, 0.4) is 0 Å². The number of benzene rings is 1. The number of nitrogens with two attached hydrogens (primary N) is 1. The smallest absolute Gasteiger partial charge is 0.170 e. The van der Waals surface area contributed by atoms with Crippen molar-refractivity contribution in [2.24, 2.45) is 0 Å². The second-order valence-electron chi connectivity index (χ2n) is 5.16. The van der Waals surface area contributed by atoms with Crippen molar-refractivity contribution in [3.8, 4) is 11.5 Å². The lowest BCUT2D eigenvalue weighted by molar-refractivity contribution is 0.479. The molecule has 4 rings (SSSR count). The number of thiophene rings is 1. The fraction of sp³-hybridized carbons (Fsp3) is 0. The van der Waals surface area contributed by atoms with E-state index in [-0.39, 0.29) is 11.6 Å². The third-order valence-corrected chi connectivity index (χ3v) is 5.52. The Hall–Kier alpha value is -2.64. The van der Waals surface area contributed by atoms with Gasteiger partial charge < -0.3 is 10.5 Å². The second kappa shape index (κ2) is 6.70. The highest BCUT2D eigenvalue weighted by atomic mass is 32.2. The molecule has 2 N–H and O–H groups in total. The number of pyridine rings is 2. The Morgan fingerprint density at radius 2 is 1.92 bits per heavy atom. The highest BCUT2D eigenvalue weighted by Crippen LogP contribution is 2.37. The number of halogens is 1. The maximum atomic E-state index is 13.0. The van der Waals surface area contributed by atoms with Crippen molar-refractivity contribution in [2.75, 3.05) is 5.73 Å². The molecule has 0 saturated carbocycles. The summed E-state index contributed by atoms with van der Waals surface area (Å²) in [6, 6.07) is 11.6. The Balaban J connectivity index is 1.63. The standard InChI is InChI=1S/C18H12FN3OS2/c19-11-1-3-12(4-2-11)23-15-9-13(10-22-18(15)20)25-16-5-7-21-14-6-8-24-17(14)16/h1-10H,(H2,20,22). The van der Waals surface area contributed by atoms with E-state index in [2.05, 4.69) is 9.97 Å². The monoisotopic (exact) mass is 369 g/mol. The number of rotatable bonds is 4. The molecular weight excluding hydrogens is 357 g/mol. The van der Waals surface area contributed by atoms with Crippen LogP contribution in [0.5, 0.6) is 11.5 Å². The molecule has 0 radical (unpaired) electrons. The average molecular weight is 369 g/mol. The minimum Gasteiger partial charge on any atom is -0.453 e. The van der Waals surface area contributed by atoms with Crippen molar-refractivity contribution in [3.05, 3.63) is 66.1 Å². The van der Waals surface area contributed by atoms with Crippen molar-refractivity contribution in [3.63, 3.8) is 0 Å². The van der Waals surface area contributed by atoms with Crippen LogP contribution >= 0.6 is 23.1 Å². The van der Waals surface area contributed by atoms with Gasteiger partial charge in [-0.2, -0.15) is 0 Å². The molecule has 1 aromatic carbocycles. The number of ether oxygens (including phenoxy) is 1. The van der Waals surface area contributed by atoms with E-state index >= 15 is 0 Å². The van der Waals surface area contributed by atoms with Crippen molar-refractivity contribution in [1.29, 1.82) is 0 Å². The first-order valence-corrected chi connectivity index (χ1v) is 9.08. The number of aromatic nitrogens is 2. The summed E-state index contributed by atoms with van der Waals surface area (Å²) in [4.78, 5) is 10.5. The first-order valence-electron chi connectivity index (χ1n) is 7.38. The summed E-state index contributed by atoms with van der Waals surface area (Å²) >= 11 is 3.22. The van der Waals surface area contributed by atoms with Crippen LogP contribution in [-0.2, 0) is 0 Å². The molecule has 0 aliphatic rings. The largest absolute Gasteiger partial charge is 0.453 e. The van der Waals surface area contributed by atoms with Crippen LogP contribution in [0, 0.1) is 5.82 Å². The van der Waals surface area contributed by atoms with Crippen LogP contribution in [0.15, 0.2) is 70.0 Å². The Labute approximate surface area is 151 Å². The molecule has 25 heavy (non-hydrogen) atoms. The summed E-state index contributed by atoms with van der Waals surface area (Å²) in [7, 11) is 0. The fourth-order valence-corrected chi connectivity index (χ4v) is 4.14. The quantitative estimate of drug-likeness (QED) is 0.525. The minimum atomic E-state index is -0.319. The van der Waals surface area contributed by atoms with Crippen LogP contribution in [0.1, 0.15) is 0 Å². The van der Waals surface area contributed by atoms with Crippen LogP contribution in [-0.4, -0.2) is 9.97 Å². The normalized spacial score (nSPS) is 10.9. The maximum Gasteiger partial charge on any atom is 0.170 e. The third kappa shape index (κ3) is 3.42. The Morgan fingerprint density at radius 1 is 1.08 bits per heavy atom. The number of nitrogens with zero attached hydrogens (tertiary/aromatic N) is 2. The third-order valence-electron chi connectivity index (χ3n) is 3.43. The van der Waals surface area contributed by atoms with Gasteiger partial charge >= 0.3 is 0 Å². The predicted octanol–water partition coefficient (Wildman–Crippen LogP) is 5.36. The molecule has 0 spiro atoms. The highest BCUT2D eigenvalue weighted by molar-refractivity contribution is 7.99. The molecule has 3 aromatic heterocycles. The molecule has 3 heterocycles. The van der Waals surface area contributed by atoms with Gasteiger partial charge in [0, 0.05) is 28.3 Å². The first-order chi connectivity index (χ1) is 12.2. The van der Waals surface area contributed by atoms with E-state index in [1.54, 1.807) is 47.6 Å².